The van der Waals surface area contributed by atoms with E-state index in [0.29, 0.717) is 24.6 Å². The second kappa shape index (κ2) is 15.8. The van der Waals surface area contributed by atoms with Crippen LogP contribution in [0.1, 0.15) is 96.7 Å². The molecule has 0 bridgehead atoms. The molecule has 280 valence electrons. The number of carbonyl (C=O) groups is 3. The Kier molecular flexibility index (Phi) is 10.3. The Labute approximate surface area is 321 Å². The van der Waals surface area contributed by atoms with Crippen LogP contribution in [0.3, 0.4) is 0 Å². The molecule has 5 aromatic rings. The van der Waals surface area contributed by atoms with Crippen molar-refractivity contribution in [1.29, 1.82) is 0 Å². The first-order chi connectivity index (χ1) is 26.8. The molecule has 1 saturated carbocycles. The molecule has 2 aliphatic heterocycles. The minimum atomic E-state index is -0.734. The number of rotatable bonds is 10. The van der Waals surface area contributed by atoms with Crippen LogP contribution in [-0.4, -0.2) is 79.5 Å². The maximum absolute atomic E-state index is 14.0. The predicted molar refractivity (Wildman–Crippen MR) is 209 cm³/mol. The van der Waals surface area contributed by atoms with E-state index in [1.807, 2.05) is 120 Å². The van der Waals surface area contributed by atoms with Crippen molar-refractivity contribution in [3.8, 4) is 23.1 Å². The topological polar surface area (TPSA) is 130 Å². The van der Waals surface area contributed by atoms with Gasteiger partial charge in [0.05, 0.1) is 30.2 Å². The highest BCUT2D eigenvalue weighted by Gasteiger charge is 2.39. The van der Waals surface area contributed by atoms with Crippen molar-refractivity contribution in [3.63, 3.8) is 0 Å². The number of H-pyrrole nitrogens is 2. The lowest BCUT2D eigenvalue weighted by Gasteiger charge is -2.31. The first-order valence-electron chi connectivity index (χ1n) is 19.2. The molecule has 55 heavy (non-hydrogen) atoms. The number of hydrogen-bond donors (Lipinski definition) is 3. The van der Waals surface area contributed by atoms with E-state index < -0.39 is 6.04 Å². The second-order valence-corrected chi connectivity index (χ2v) is 15.0. The van der Waals surface area contributed by atoms with Gasteiger partial charge in [0.1, 0.15) is 29.4 Å². The Morgan fingerprint density at radius 2 is 1.33 bits per heavy atom. The van der Waals surface area contributed by atoms with Crippen LogP contribution < -0.4 is 5.32 Å². The van der Waals surface area contributed by atoms with Crippen molar-refractivity contribution >= 4 is 17.7 Å². The molecule has 3 N–H and O–H groups in total. The largest absolute Gasteiger partial charge is 0.340 e. The van der Waals surface area contributed by atoms with Crippen LogP contribution in [0.2, 0.25) is 0 Å². The van der Waals surface area contributed by atoms with Crippen LogP contribution >= 0.6 is 0 Å². The fourth-order valence-electron chi connectivity index (χ4n) is 7.88. The molecule has 4 atom stereocenters. The normalized spacial score (nSPS) is 19.2. The standard InChI is InChI=1S/C44H46N8O3/c1-50(2)39(32-13-7-4-8-14-32)44(55)52-26-10-16-37(52)41-46-28-35(48-41)30-20-17-29(18-21-30)19-24-34-27-45-40(47-34)36-15-9-25-51(36)43(54)38(31-11-5-3-6-12-31)49-42(53)33-22-23-33/h3-8,11-14,17-18,20-21,27-28,33,36-39H,9-10,15-16,22-23,25-26H2,1-2H3,(H,45,47)(H,46,48)(H,49,53)/t36-,37-,38+,39+/m0/s1. The highest BCUT2D eigenvalue weighted by Crippen LogP contribution is 2.36. The summed E-state index contributed by atoms with van der Waals surface area (Å²) < 4.78 is 0. The molecule has 11 heteroatoms. The van der Waals surface area contributed by atoms with E-state index in [4.69, 9.17) is 4.98 Å². The first kappa shape index (κ1) is 36.0. The van der Waals surface area contributed by atoms with E-state index in [-0.39, 0.29) is 41.8 Å². The van der Waals surface area contributed by atoms with Gasteiger partial charge in [0.2, 0.25) is 17.7 Å². The monoisotopic (exact) mass is 734 g/mol. The predicted octanol–water partition coefficient (Wildman–Crippen LogP) is 6.10. The molecule has 2 saturated heterocycles. The van der Waals surface area contributed by atoms with Crippen LogP contribution in [0.4, 0.5) is 0 Å². The Bertz CT molecular complexity index is 2200. The zero-order valence-electron chi connectivity index (χ0n) is 31.2. The molecule has 0 spiro atoms. The molecule has 4 heterocycles. The highest BCUT2D eigenvalue weighted by atomic mass is 16.2. The molecule has 11 nitrogen and oxygen atoms in total. The smallest absolute Gasteiger partial charge is 0.250 e. The third-order valence-corrected chi connectivity index (χ3v) is 10.9. The lowest BCUT2D eigenvalue weighted by molar-refractivity contribution is -0.138. The van der Waals surface area contributed by atoms with Gasteiger partial charge >= 0.3 is 0 Å². The van der Waals surface area contributed by atoms with Crippen LogP contribution in [-0.2, 0) is 14.4 Å². The van der Waals surface area contributed by atoms with Gasteiger partial charge in [-0.2, -0.15) is 0 Å². The minimum Gasteiger partial charge on any atom is -0.340 e. The van der Waals surface area contributed by atoms with Gasteiger partial charge < -0.3 is 25.1 Å². The first-order valence-corrected chi connectivity index (χ1v) is 19.2. The Morgan fingerprint density at radius 3 is 1.96 bits per heavy atom. The summed E-state index contributed by atoms with van der Waals surface area (Å²) >= 11 is 0. The van der Waals surface area contributed by atoms with Crippen LogP contribution in [0, 0.1) is 17.8 Å². The van der Waals surface area contributed by atoms with Crippen molar-refractivity contribution in [3.05, 3.63) is 131 Å². The molecule has 1 aliphatic carbocycles. The van der Waals surface area contributed by atoms with E-state index in [1.165, 1.54) is 0 Å². The fraction of sp³-hybridized carbons (Fsp3) is 0.341. The molecule has 3 aliphatic rings. The van der Waals surface area contributed by atoms with Gasteiger partial charge in [-0.1, -0.05) is 78.7 Å². The van der Waals surface area contributed by atoms with E-state index in [1.54, 1.807) is 6.20 Å². The van der Waals surface area contributed by atoms with E-state index in [0.717, 1.165) is 72.3 Å². The number of hydrogen-bond acceptors (Lipinski definition) is 6. The Morgan fingerprint density at radius 1 is 0.727 bits per heavy atom. The van der Waals surface area contributed by atoms with Gasteiger partial charge in [-0.15, -0.1) is 0 Å². The van der Waals surface area contributed by atoms with Crippen LogP contribution in [0.15, 0.2) is 97.3 Å². The van der Waals surface area contributed by atoms with Crippen molar-refractivity contribution < 1.29 is 14.4 Å². The molecule has 0 unspecified atom stereocenters. The molecule has 0 radical (unpaired) electrons. The number of imidazole rings is 2. The minimum absolute atomic E-state index is 0.00239. The summed E-state index contributed by atoms with van der Waals surface area (Å²) in [6.07, 6.45) is 8.71. The summed E-state index contributed by atoms with van der Waals surface area (Å²) in [6.45, 7) is 1.30. The van der Waals surface area contributed by atoms with Crippen molar-refractivity contribution in [2.45, 2.75) is 62.7 Å². The molecular weight excluding hydrogens is 689 g/mol. The number of nitrogens with one attached hydrogen (secondary N) is 3. The third-order valence-electron chi connectivity index (χ3n) is 10.9. The summed E-state index contributed by atoms with van der Waals surface area (Å²) in [7, 11) is 3.89. The third kappa shape index (κ3) is 7.82. The lowest BCUT2D eigenvalue weighted by Crippen LogP contribution is -2.43. The fourth-order valence-corrected chi connectivity index (χ4v) is 7.88. The number of amides is 3. The highest BCUT2D eigenvalue weighted by molar-refractivity contribution is 5.90. The number of aromatic nitrogens is 4. The average molecular weight is 735 g/mol. The molecule has 2 aromatic heterocycles. The summed E-state index contributed by atoms with van der Waals surface area (Å²) in [5.41, 5.74) is 5.14. The maximum Gasteiger partial charge on any atom is 0.250 e. The molecule has 3 aromatic carbocycles. The molecule has 3 amide bonds. The van der Waals surface area contributed by atoms with Crippen molar-refractivity contribution in [2.24, 2.45) is 5.92 Å². The van der Waals surface area contributed by atoms with E-state index in [9.17, 15) is 14.4 Å². The number of likely N-dealkylation sites (N-methyl/N-ethyl adjacent to an activating group) is 1. The van der Waals surface area contributed by atoms with E-state index in [2.05, 4.69) is 32.1 Å². The van der Waals surface area contributed by atoms with E-state index >= 15 is 0 Å². The molecule has 8 rings (SSSR count). The van der Waals surface area contributed by atoms with Crippen molar-refractivity contribution in [2.75, 3.05) is 27.2 Å². The van der Waals surface area contributed by atoms with Gasteiger partial charge in [0.25, 0.3) is 0 Å². The molecule has 3 fully saturated rings. The summed E-state index contributed by atoms with van der Waals surface area (Å²) in [5, 5.41) is 3.03. The lowest BCUT2D eigenvalue weighted by atomic mass is 10.0. The van der Waals surface area contributed by atoms with Crippen molar-refractivity contribution in [1.82, 2.24) is 40.0 Å². The second-order valence-electron chi connectivity index (χ2n) is 15.0. The maximum atomic E-state index is 14.0. The van der Waals surface area contributed by atoms with Gasteiger partial charge in [-0.05, 0) is 87.4 Å². The summed E-state index contributed by atoms with van der Waals surface area (Å²) in [6, 6.07) is 26.0. The number of likely N-dealkylation sites (tertiary alicyclic amines) is 2. The SMILES string of the molecule is CN(C)[C@@H](C(=O)N1CCC[C@H]1c1ncc(-c2ccc(C#Cc3cnc([C@@H]4CCCN4C(=O)[C@H](NC(=O)C4CC4)c4ccccc4)[nH]3)cc2)[nH]1)c1ccccc1. The summed E-state index contributed by atoms with van der Waals surface area (Å²) in [4.78, 5) is 62.6. The van der Waals surface area contributed by atoms with Gasteiger partial charge in [-0.3, -0.25) is 19.3 Å². The number of carbonyl (C=O) groups excluding carboxylic acids is 3. The van der Waals surface area contributed by atoms with Crippen LogP contribution in [0.5, 0.6) is 0 Å². The number of nitrogens with zero attached hydrogens (tertiary/aromatic N) is 5. The van der Waals surface area contributed by atoms with Gasteiger partial charge in [0.15, 0.2) is 0 Å². The quantitative estimate of drug-likeness (QED) is 0.149. The average Bonchev–Trinajstić information content (AvgIpc) is 3.64. The Balaban J connectivity index is 0.924. The Hall–Kier alpha value is -5.99. The zero-order chi connectivity index (χ0) is 37.9. The van der Waals surface area contributed by atoms with Gasteiger partial charge in [0, 0.05) is 24.6 Å². The van der Waals surface area contributed by atoms with Gasteiger partial charge in [-0.25, -0.2) is 9.97 Å². The zero-order valence-corrected chi connectivity index (χ0v) is 31.2. The molecular formula is C44H46N8O3. The number of aromatic amines is 2. The summed E-state index contributed by atoms with van der Waals surface area (Å²) in [5.74, 6) is 7.84. The number of benzene rings is 3. The van der Waals surface area contributed by atoms with Crippen LogP contribution in [0.25, 0.3) is 11.3 Å².